The first kappa shape index (κ1) is 13.2. The second kappa shape index (κ2) is 3.86. The molecule has 0 unspecified atom stereocenters. The molecular weight excluding hydrogens is 280 g/mol. The number of halogens is 1. The third kappa shape index (κ3) is 2.62. The van der Waals surface area contributed by atoms with Crippen molar-refractivity contribution < 1.29 is 21.9 Å². The molecule has 1 aromatic carbocycles. The van der Waals surface area contributed by atoms with Crippen molar-refractivity contribution >= 4 is 31.6 Å². The van der Waals surface area contributed by atoms with Crippen LogP contribution >= 0.6 is 11.6 Å². The van der Waals surface area contributed by atoms with E-state index in [2.05, 4.69) is 0 Å². The Labute approximate surface area is 96.7 Å². The molecule has 0 spiro atoms. The Morgan fingerprint density at radius 3 is 1.94 bits per heavy atom. The summed E-state index contributed by atoms with van der Waals surface area (Å²) in [6, 6.07) is 1.45. The maximum absolute atomic E-state index is 11.0. The summed E-state index contributed by atoms with van der Waals surface area (Å²) in [6.45, 7) is 0. The fraction of sp³-hybridized carbons (Fsp3) is 0. The van der Waals surface area contributed by atoms with Crippen molar-refractivity contribution in [1.29, 1.82) is 0 Å². The Hall–Kier alpha value is -0.870. The third-order valence-electron chi connectivity index (χ3n) is 1.64. The fourth-order valence-corrected chi connectivity index (χ4v) is 2.58. The minimum absolute atomic E-state index is 0.476. The molecule has 0 fully saturated rings. The van der Waals surface area contributed by atoms with Crippen LogP contribution in [0, 0.1) is 0 Å². The van der Waals surface area contributed by atoms with Crippen LogP contribution in [0.25, 0.3) is 0 Å². The summed E-state index contributed by atoms with van der Waals surface area (Å²) in [5.74, 6) is -0.823. The van der Waals surface area contributed by atoms with Crippen molar-refractivity contribution in [2.24, 2.45) is 10.3 Å². The maximum atomic E-state index is 11.0. The number of rotatable bonds is 2. The van der Waals surface area contributed by atoms with E-state index in [0.717, 1.165) is 6.07 Å². The van der Waals surface area contributed by atoms with E-state index in [1.54, 1.807) is 0 Å². The molecule has 0 radical (unpaired) electrons. The van der Waals surface area contributed by atoms with Crippen LogP contribution in [0.3, 0.4) is 0 Å². The summed E-state index contributed by atoms with van der Waals surface area (Å²) >= 11 is 5.44. The van der Waals surface area contributed by atoms with Gasteiger partial charge in [-0.2, -0.15) is 0 Å². The monoisotopic (exact) mass is 286 g/mol. The van der Waals surface area contributed by atoms with Crippen molar-refractivity contribution in [3.05, 3.63) is 17.2 Å². The van der Waals surface area contributed by atoms with Gasteiger partial charge in [0.15, 0.2) is 5.75 Å². The summed E-state index contributed by atoms with van der Waals surface area (Å²) in [6.07, 6.45) is 0. The Balaban J connectivity index is 3.72. The fourth-order valence-electron chi connectivity index (χ4n) is 0.931. The van der Waals surface area contributed by atoms with Crippen LogP contribution < -0.4 is 10.3 Å². The Bertz CT molecular complexity index is 637. The van der Waals surface area contributed by atoms with Crippen molar-refractivity contribution in [3.63, 3.8) is 0 Å². The minimum atomic E-state index is -4.29. The Morgan fingerprint density at radius 1 is 1.06 bits per heavy atom. The molecule has 0 atom stereocenters. The zero-order chi connectivity index (χ0) is 12.7. The van der Waals surface area contributed by atoms with Crippen molar-refractivity contribution in [1.82, 2.24) is 0 Å². The highest BCUT2D eigenvalue weighted by Crippen LogP contribution is 2.32. The van der Waals surface area contributed by atoms with E-state index in [9.17, 15) is 21.9 Å². The Morgan fingerprint density at radius 2 is 1.56 bits per heavy atom. The van der Waals surface area contributed by atoms with Gasteiger partial charge in [-0.3, -0.25) is 0 Å². The lowest BCUT2D eigenvalue weighted by molar-refractivity contribution is 0.458. The molecule has 90 valence electrons. The highest BCUT2D eigenvalue weighted by molar-refractivity contribution is 7.90. The zero-order valence-electron chi connectivity index (χ0n) is 7.58. The number of sulfonamides is 2. The number of hydrogen-bond donors (Lipinski definition) is 3. The molecular formula is C6H7ClN2O5S2. The molecule has 10 heteroatoms. The molecule has 0 amide bonds. The second-order valence-electron chi connectivity index (χ2n) is 2.84. The molecule has 1 rings (SSSR count). The SMILES string of the molecule is NS(=O)(=O)c1cc(Cl)c(O)c(S(N)(=O)=O)c1. The van der Waals surface area contributed by atoms with Gasteiger partial charge in [-0.25, -0.2) is 27.1 Å². The normalized spacial score (nSPS) is 12.7. The van der Waals surface area contributed by atoms with E-state index >= 15 is 0 Å². The molecule has 16 heavy (non-hydrogen) atoms. The quantitative estimate of drug-likeness (QED) is 0.662. The number of benzene rings is 1. The molecule has 0 saturated heterocycles. The van der Waals surface area contributed by atoms with Gasteiger partial charge >= 0.3 is 0 Å². The van der Waals surface area contributed by atoms with E-state index in [-0.39, 0.29) is 0 Å². The van der Waals surface area contributed by atoms with Gasteiger partial charge in [0.05, 0.1) is 9.92 Å². The lowest BCUT2D eigenvalue weighted by Gasteiger charge is -2.06. The Kier molecular flexibility index (Phi) is 3.18. The van der Waals surface area contributed by atoms with Gasteiger partial charge in [0.25, 0.3) is 0 Å². The number of phenolic OH excluding ortho intramolecular Hbond substituents is 1. The van der Waals surface area contributed by atoms with E-state index < -0.39 is 40.6 Å². The number of aromatic hydroxyl groups is 1. The molecule has 0 saturated carbocycles. The van der Waals surface area contributed by atoms with Crippen molar-refractivity contribution in [3.8, 4) is 5.75 Å². The van der Waals surface area contributed by atoms with Gasteiger partial charge < -0.3 is 5.11 Å². The van der Waals surface area contributed by atoms with Crippen LogP contribution in [0.1, 0.15) is 0 Å². The first-order valence-corrected chi connectivity index (χ1v) is 7.08. The molecule has 0 bridgehead atoms. The number of nitrogens with two attached hydrogens (primary N) is 2. The molecule has 0 heterocycles. The molecule has 0 aliphatic carbocycles. The van der Waals surface area contributed by atoms with Gasteiger partial charge in [0.1, 0.15) is 4.90 Å². The van der Waals surface area contributed by atoms with Gasteiger partial charge in [-0.1, -0.05) is 11.6 Å². The van der Waals surface area contributed by atoms with Gasteiger partial charge in [-0.15, -0.1) is 0 Å². The standard InChI is InChI=1S/C6H7ClN2O5S2/c7-4-1-3(15(8,11)12)2-5(6(4)10)16(9,13)14/h1-2,10H,(H2,8,11,12)(H2,9,13,14). The average Bonchev–Trinajstić information content (AvgIpc) is 2.05. The number of hydrogen-bond acceptors (Lipinski definition) is 5. The summed E-state index contributed by atoms with van der Waals surface area (Å²) in [5.41, 5.74) is 0. The van der Waals surface area contributed by atoms with Crippen molar-refractivity contribution in [2.45, 2.75) is 9.79 Å². The minimum Gasteiger partial charge on any atom is -0.505 e. The predicted octanol–water partition coefficient (Wildman–Crippen LogP) is -0.660. The molecule has 7 nitrogen and oxygen atoms in total. The average molecular weight is 287 g/mol. The molecule has 1 aromatic rings. The van der Waals surface area contributed by atoms with Crippen molar-refractivity contribution in [2.75, 3.05) is 0 Å². The summed E-state index contributed by atoms with van der Waals surface area (Å²) < 4.78 is 44.0. The van der Waals surface area contributed by atoms with Crippen LogP contribution in [0.15, 0.2) is 21.9 Å². The van der Waals surface area contributed by atoms with Gasteiger partial charge in [0.2, 0.25) is 20.0 Å². The first-order chi connectivity index (χ1) is 7.03. The van der Waals surface area contributed by atoms with E-state index in [0.29, 0.717) is 6.07 Å². The van der Waals surface area contributed by atoms with Gasteiger partial charge in [-0.05, 0) is 12.1 Å². The smallest absolute Gasteiger partial charge is 0.241 e. The highest BCUT2D eigenvalue weighted by Gasteiger charge is 2.21. The summed E-state index contributed by atoms with van der Waals surface area (Å²) in [5, 5.41) is 18.4. The number of phenols is 1. The zero-order valence-corrected chi connectivity index (χ0v) is 9.97. The summed E-state index contributed by atoms with van der Waals surface area (Å²) in [4.78, 5) is -1.36. The molecule has 0 aromatic heterocycles. The van der Waals surface area contributed by atoms with Gasteiger partial charge in [0, 0.05) is 0 Å². The largest absolute Gasteiger partial charge is 0.505 e. The summed E-state index contributed by atoms with van der Waals surface area (Å²) in [7, 11) is -8.43. The van der Waals surface area contributed by atoms with Crippen LogP contribution in [-0.2, 0) is 20.0 Å². The molecule has 5 N–H and O–H groups in total. The topological polar surface area (TPSA) is 141 Å². The lowest BCUT2D eigenvalue weighted by atomic mass is 10.3. The van der Waals surface area contributed by atoms with E-state index in [1.165, 1.54) is 0 Å². The van der Waals surface area contributed by atoms with Crippen LogP contribution in [0.2, 0.25) is 5.02 Å². The van der Waals surface area contributed by atoms with Crippen LogP contribution in [0.5, 0.6) is 5.75 Å². The van der Waals surface area contributed by atoms with Crippen LogP contribution in [0.4, 0.5) is 0 Å². The van der Waals surface area contributed by atoms with E-state index in [4.69, 9.17) is 21.9 Å². The maximum Gasteiger partial charge on any atom is 0.241 e. The highest BCUT2D eigenvalue weighted by atomic mass is 35.5. The van der Waals surface area contributed by atoms with Crippen LogP contribution in [-0.4, -0.2) is 21.9 Å². The second-order valence-corrected chi connectivity index (χ2v) is 6.34. The van der Waals surface area contributed by atoms with E-state index in [1.807, 2.05) is 0 Å². The predicted molar refractivity (Wildman–Crippen MR) is 55.9 cm³/mol. The first-order valence-electron chi connectivity index (χ1n) is 3.61. The number of primary sulfonamides is 2. The molecule has 0 aliphatic rings. The lowest BCUT2D eigenvalue weighted by Crippen LogP contribution is -2.16. The molecule has 0 aliphatic heterocycles. The third-order valence-corrected chi connectivity index (χ3v) is 3.74.